The molecule has 30 heavy (non-hydrogen) atoms. The fourth-order valence-corrected chi connectivity index (χ4v) is 5.92. The highest BCUT2D eigenvalue weighted by molar-refractivity contribution is 8.00. The molecule has 0 spiro atoms. The Bertz CT molecular complexity index is 894. The van der Waals surface area contributed by atoms with Crippen LogP contribution in [0.4, 0.5) is 0 Å². The van der Waals surface area contributed by atoms with E-state index in [0.29, 0.717) is 12.8 Å². The van der Waals surface area contributed by atoms with Crippen molar-refractivity contribution in [3.8, 4) is 0 Å². The van der Waals surface area contributed by atoms with Gasteiger partial charge in [0, 0.05) is 33.1 Å². The van der Waals surface area contributed by atoms with Crippen LogP contribution >= 0.6 is 23.5 Å². The Kier molecular flexibility index (Phi) is 8.35. The van der Waals surface area contributed by atoms with Crippen molar-refractivity contribution in [2.75, 3.05) is 0 Å². The molecule has 4 heteroatoms. The molecule has 154 valence electrons. The van der Waals surface area contributed by atoms with E-state index in [1.54, 1.807) is 37.4 Å². The third-order valence-electron chi connectivity index (χ3n) is 4.65. The quantitative estimate of drug-likeness (QED) is 0.313. The molecule has 0 fully saturated rings. The first kappa shape index (κ1) is 22.4. The van der Waals surface area contributed by atoms with Crippen molar-refractivity contribution in [1.29, 1.82) is 0 Å². The van der Waals surface area contributed by atoms with Gasteiger partial charge in [0.2, 0.25) is 0 Å². The second-order valence-corrected chi connectivity index (χ2v) is 9.87. The molecule has 0 heterocycles. The van der Waals surface area contributed by atoms with Crippen molar-refractivity contribution in [3.05, 3.63) is 96.1 Å². The molecule has 0 N–H and O–H groups in total. The number of hydrogen-bond acceptors (Lipinski definition) is 4. The van der Waals surface area contributed by atoms with Gasteiger partial charge in [-0.1, -0.05) is 66.7 Å². The van der Waals surface area contributed by atoms with E-state index >= 15 is 0 Å². The molecule has 0 aromatic heterocycles. The highest BCUT2D eigenvalue weighted by Gasteiger charge is 2.18. The lowest BCUT2D eigenvalue weighted by molar-refractivity contribution is -0.117. The van der Waals surface area contributed by atoms with Gasteiger partial charge in [-0.05, 0) is 43.2 Å². The number of rotatable bonds is 10. The summed E-state index contributed by atoms with van der Waals surface area (Å²) >= 11 is 3.44. The minimum atomic E-state index is 0.0890. The number of carbonyl (C=O) groups is 2. The Morgan fingerprint density at radius 2 is 1.03 bits per heavy atom. The molecule has 2 atom stereocenters. The number of hydrogen-bond donors (Lipinski definition) is 0. The van der Waals surface area contributed by atoms with Crippen LogP contribution < -0.4 is 0 Å². The Morgan fingerprint density at radius 1 is 0.633 bits per heavy atom. The van der Waals surface area contributed by atoms with Crippen LogP contribution in [0.2, 0.25) is 0 Å². The van der Waals surface area contributed by atoms with E-state index in [0.717, 1.165) is 20.9 Å². The summed E-state index contributed by atoms with van der Waals surface area (Å²) in [6, 6.07) is 28.8. The van der Waals surface area contributed by atoms with Crippen LogP contribution in [0.25, 0.3) is 0 Å². The second-order valence-electron chi connectivity index (χ2n) is 7.32. The zero-order valence-electron chi connectivity index (χ0n) is 17.3. The third kappa shape index (κ3) is 6.89. The topological polar surface area (TPSA) is 34.1 Å². The average molecular weight is 435 g/mol. The van der Waals surface area contributed by atoms with E-state index in [-0.39, 0.29) is 22.1 Å². The van der Waals surface area contributed by atoms with Crippen molar-refractivity contribution in [2.24, 2.45) is 0 Å². The lowest BCUT2D eigenvalue weighted by Gasteiger charge is -2.18. The fourth-order valence-electron chi connectivity index (χ4n) is 3.26. The van der Waals surface area contributed by atoms with Crippen molar-refractivity contribution in [1.82, 2.24) is 0 Å². The molecule has 0 aliphatic heterocycles. The molecule has 0 saturated carbocycles. The highest BCUT2D eigenvalue weighted by Crippen LogP contribution is 2.42. The summed E-state index contributed by atoms with van der Waals surface area (Å²) in [6.07, 6.45) is 1.01. The monoisotopic (exact) mass is 434 g/mol. The van der Waals surface area contributed by atoms with Gasteiger partial charge in [-0.25, -0.2) is 0 Å². The summed E-state index contributed by atoms with van der Waals surface area (Å²) in [5.41, 5.74) is 2.32. The maximum Gasteiger partial charge on any atom is 0.131 e. The number of ketones is 2. The minimum Gasteiger partial charge on any atom is -0.300 e. The number of thioether (sulfide) groups is 2. The molecule has 3 aromatic carbocycles. The van der Waals surface area contributed by atoms with Crippen molar-refractivity contribution >= 4 is 35.1 Å². The lowest BCUT2D eigenvalue weighted by Crippen LogP contribution is -2.01. The minimum absolute atomic E-state index is 0.0890. The maximum atomic E-state index is 11.8. The van der Waals surface area contributed by atoms with Crippen LogP contribution in [0, 0.1) is 0 Å². The van der Waals surface area contributed by atoms with Crippen LogP contribution in [-0.4, -0.2) is 11.6 Å². The van der Waals surface area contributed by atoms with E-state index in [9.17, 15) is 9.59 Å². The summed E-state index contributed by atoms with van der Waals surface area (Å²) < 4.78 is 0. The smallest absolute Gasteiger partial charge is 0.131 e. The van der Waals surface area contributed by atoms with Crippen LogP contribution in [-0.2, 0) is 9.59 Å². The molecule has 0 bridgehead atoms. The van der Waals surface area contributed by atoms with Gasteiger partial charge in [-0.3, -0.25) is 9.59 Å². The molecule has 0 amide bonds. The Balaban J connectivity index is 1.80. The van der Waals surface area contributed by atoms with E-state index < -0.39 is 0 Å². The molecule has 0 radical (unpaired) electrons. The zero-order valence-corrected chi connectivity index (χ0v) is 18.9. The van der Waals surface area contributed by atoms with E-state index in [1.807, 2.05) is 36.4 Å². The molecule has 2 nitrogen and oxygen atoms in total. The van der Waals surface area contributed by atoms with Gasteiger partial charge in [0.05, 0.1) is 0 Å². The van der Waals surface area contributed by atoms with Gasteiger partial charge in [-0.2, -0.15) is 0 Å². The lowest BCUT2D eigenvalue weighted by atomic mass is 10.1. The summed E-state index contributed by atoms with van der Waals surface area (Å²) in [4.78, 5) is 25.9. The van der Waals surface area contributed by atoms with Crippen LogP contribution in [0.3, 0.4) is 0 Å². The maximum absolute atomic E-state index is 11.8. The fraction of sp³-hybridized carbons (Fsp3) is 0.231. The SMILES string of the molecule is CC(=O)CC(Sc1cccc(SC(CC(C)=O)c2ccccc2)c1)c1ccccc1. The Labute approximate surface area is 187 Å². The van der Waals surface area contributed by atoms with Crippen molar-refractivity contribution in [2.45, 2.75) is 47.0 Å². The zero-order chi connectivity index (χ0) is 21.3. The van der Waals surface area contributed by atoms with Gasteiger partial charge < -0.3 is 0 Å². The third-order valence-corrected chi connectivity index (χ3v) is 7.15. The average Bonchev–Trinajstić information content (AvgIpc) is 2.74. The number of Topliss-reactive ketones (excluding diaryl/α,β-unsaturated/α-hetero) is 2. The molecular formula is C26H26O2S2. The normalized spacial score (nSPS) is 12.9. The Hall–Kier alpha value is -2.30. The first-order valence-electron chi connectivity index (χ1n) is 10.0. The van der Waals surface area contributed by atoms with Crippen molar-refractivity contribution in [3.63, 3.8) is 0 Å². The largest absolute Gasteiger partial charge is 0.300 e. The van der Waals surface area contributed by atoms with Crippen LogP contribution in [0.1, 0.15) is 48.3 Å². The predicted octanol–water partition coefficient (Wildman–Crippen LogP) is 7.31. The molecule has 2 unspecified atom stereocenters. The van der Waals surface area contributed by atoms with E-state index in [2.05, 4.69) is 48.5 Å². The van der Waals surface area contributed by atoms with Gasteiger partial charge in [0.15, 0.2) is 0 Å². The van der Waals surface area contributed by atoms with E-state index in [4.69, 9.17) is 0 Å². The highest BCUT2D eigenvalue weighted by atomic mass is 32.2. The summed E-state index contributed by atoms with van der Waals surface area (Å²) in [5, 5.41) is 0.178. The first-order chi connectivity index (χ1) is 14.5. The summed E-state index contributed by atoms with van der Waals surface area (Å²) in [5.74, 6) is 0.375. The van der Waals surface area contributed by atoms with Gasteiger partial charge in [-0.15, -0.1) is 23.5 Å². The molecule has 0 saturated heterocycles. The summed E-state index contributed by atoms with van der Waals surface area (Å²) in [6.45, 7) is 3.30. The second kappa shape index (κ2) is 11.2. The van der Waals surface area contributed by atoms with Gasteiger partial charge in [0.1, 0.15) is 11.6 Å². The standard InChI is InChI=1S/C26H26O2S2/c1-19(27)16-25(21-10-5-3-6-11-21)29-23-14-9-15-24(18-23)30-26(17-20(2)28)22-12-7-4-8-13-22/h3-15,18,25-26H,16-17H2,1-2H3. The van der Waals surface area contributed by atoms with E-state index in [1.165, 1.54) is 0 Å². The van der Waals surface area contributed by atoms with Crippen LogP contribution in [0.5, 0.6) is 0 Å². The summed E-state index contributed by atoms with van der Waals surface area (Å²) in [7, 11) is 0. The molecule has 3 aromatic rings. The molecular weight excluding hydrogens is 408 g/mol. The predicted molar refractivity (Wildman–Crippen MR) is 127 cm³/mol. The van der Waals surface area contributed by atoms with Crippen LogP contribution in [0.15, 0.2) is 94.7 Å². The Morgan fingerprint density at radius 3 is 1.40 bits per heavy atom. The number of carbonyl (C=O) groups excluding carboxylic acids is 2. The molecule has 3 rings (SSSR count). The van der Waals surface area contributed by atoms with Crippen molar-refractivity contribution < 1.29 is 9.59 Å². The molecule has 0 aliphatic rings. The first-order valence-corrected chi connectivity index (χ1v) is 11.8. The molecule has 0 aliphatic carbocycles. The number of benzene rings is 3. The van der Waals surface area contributed by atoms with Gasteiger partial charge >= 0.3 is 0 Å². The van der Waals surface area contributed by atoms with Gasteiger partial charge in [0.25, 0.3) is 0 Å².